The van der Waals surface area contributed by atoms with Crippen LogP contribution in [0.1, 0.15) is 48.2 Å². The number of amides is 1. The molecule has 1 unspecified atom stereocenters. The van der Waals surface area contributed by atoms with Gasteiger partial charge in [0.25, 0.3) is 5.91 Å². The topological polar surface area (TPSA) is 72.9 Å². The fourth-order valence-electron chi connectivity index (χ4n) is 3.75. The number of rotatable bonds is 5. The van der Waals surface area contributed by atoms with Crippen molar-refractivity contribution in [3.05, 3.63) is 47.5 Å². The predicted molar refractivity (Wildman–Crippen MR) is 95.4 cm³/mol. The number of nitrogens with zero attached hydrogens (tertiary/aromatic N) is 2. The van der Waals surface area contributed by atoms with Gasteiger partial charge in [0, 0.05) is 12.6 Å². The van der Waals surface area contributed by atoms with E-state index in [1.165, 1.54) is 18.2 Å². The summed E-state index contributed by atoms with van der Waals surface area (Å²) >= 11 is 0. The molecule has 5 nitrogen and oxygen atoms in total. The predicted octanol–water partition coefficient (Wildman–Crippen LogP) is 3.67. The first-order valence-corrected chi connectivity index (χ1v) is 9.24. The second-order valence-electron chi connectivity index (χ2n) is 6.98. The number of carbonyl (C=O) groups excluding carboxylic acids is 1. The summed E-state index contributed by atoms with van der Waals surface area (Å²) in [4.78, 5) is 12.6. The standard InChI is InChI=1S/C19H22F4N4O/c20-14-8-4-5-9-16(14)27-17(19(21,22)23)13(11-25-27)18(28)26-15(10-24)12-6-2-1-3-7-12/h4-5,8-9,11-12,15H,1-3,6-7,10,24H2,(H,26,28). The third-order valence-electron chi connectivity index (χ3n) is 5.15. The molecule has 28 heavy (non-hydrogen) atoms. The lowest BCUT2D eigenvalue weighted by atomic mass is 9.84. The molecule has 0 spiro atoms. The Hall–Kier alpha value is -2.42. The maximum Gasteiger partial charge on any atom is 0.434 e. The molecule has 9 heteroatoms. The monoisotopic (exact) mass is 398 g/mol. The van der Waals surface area contributed by atoms with Crippen molar-refractivity contribution in [2.45, 2.75) is 44.3 Å². The number of nitrogens with one attached hydrogen (secondary N) is 1. The van der Waals surface area contributed by atoms with E-state index in [0.29, 0.717) is 4.68 Å². The summed E-state index contributed by atoms with van der Waals surface area (Å²) in [6.45, 7) is 0.138. The number of hydrogen-bond donors (Lipinski definition) is 2. The van der Waals surface area contributed by atoms with Gasteiger partial charge in [-0.2, -0.15) is 18.3 Å². The number of para-hydroxylation sites is 1. The summed E-state index contributed by atoms with van der Waals surface area (Å²) in [7, 11) is 0. The van der Waals surface area contributed by atoms with Crippen molar-refractivity contribution in [2.75, 3.05) is 6.54 Å². The van der Waals surface area contributed by atoms with Crippen molar-refractivity contribution in [1.82, 2.24) is 15.1 Å². The minimum absolute atomic E-state index is 0.138. The van der Waals surface area contributed by atoms with Crippen LogP contribution in [0.5, 0.6) is 0 Å². The molecule has 1 atom stereocenters. The molecule has 1 saturated carbocycles. The van der Waals surface area contributed by atoms with Crippen LogP contribution < -0.4 is 11.1 Å². The van der Waals surface area contributed by atoms with Gasteiger partial charge in [-0.25, -0.2) is 9.07 Å². The van der Waals surface area contributed by atoms with E-state index in [4.69, 9.17) is 5.73 Å². The number of carbonyl (C=O) groups is 1. The number of benzene rings is 1. The molecule has 152 valence electrons. The number of halogens is 4. The van der Waals surface area contributed by atoms with Crippen LogP contribution in [-0.4, -0.2) is 28.3 Å². The Bertz CT molecular complexity index is 828. The molecule has 1 amide bonds. The average Bonchev–Trinajstić information content (AvgIpc) is 3.12. The van der Waals surface area contributed by atoms with E-state index in [0.717, 1.165) is 44.4 Å². The van der Waals surface area contributed by atoms with E-state index in [-0.39, 0.29) is 18.2 Å². The van der Waals surface area contributed by atoms with Gasteiger partial charge < -0.3 is 11.1 Å². The second-order valence-corrected chi connectivity index (χ2v) is 6.98. The lowest BCUT2D eigenvalue weighted by Gasteiger charge is -2.30. The Morgan fingerprint density at radius 1 is 1.25 bits per heavy atom. The minimum atomic E-state index is -4.89. The maximum absolute atomic E-state index is 14.0. The number of hydrogen-bond acceptors (Lipinski definition) is 3. The van der Waals surface area contributed by atoms with Crippen molar-refractivity contribution in [3.63, 3.8) is 0 Å². The van der Waals surface area contributed by atoms with Crippen LogP contribution >= 0.6 is 0 Å². The van der Waals surface area contributed by atoms with Crippen LogP contribution in [0.3, 0.4) is 0 Å². The minimum Gasteiger partial charge on any atom is -0.348 e. The lowest BCUT2D eigenvalue weighted by molar-refractivity contribution is -0.143. The Balaban J connectivity index is 1.93. The van der Waals surface area contributed by atoms with E-state index < -0.39 is 35.2 Å². The van der Waals surface area contributed by atoms with Crippen molar-refractivity contribution in [1.29, 1.82) is 0 Å². The number of nitrogens with two attached hydrogens (primary N) is 1. The summed E-state index contributed by atoms with van der Waals surface area (Å²) < 4.78 is 55.6. The fraction of sp³-hybridized carbons (Fsp3) is 0.474. The highest BCUT2D eigenvalue weighted by Gasteiger charge is 2.41. The van der Waals surface area contributed by atoms with Crippen molar-refractivity contribution < 1.29 is 22.4 Å². The third-order valence-corrected chi connectivity index (χ3v) is 5.15. The molecule has 1 heterocycles. The Morgan fingerprint density at radius 2 is 1.93 bits per heavy atom. The first-order valence-electron chi connectivity index (χ1n) is 9.24. The Kier molecular flexibility index (Phi) is 6.02. The van der Waals surface area contributed by atoms with E-state index in [1.807, 2.05) is 0 Å². The number of alkyl halides is 3. The van der Waals surface area contributed by atoms with Crippen molar-refractivity contribution in [3.8, 4) is 5.69 Å². The van der Waals surface area contributed by atoms with E-state index >= 15 is 0 Å². The van der Waals surface area contributed by atoms with Crippen molar-refractivity contribution in [2.24, 2.45) is 11.7 Å². The highest BCUT2D eigenvalue weighted by molar-refractivity contribution is 5.95. The van der Waals surface area contributed by atoms with Gasteiger partial charge in [0.1, 0.15) is 11.5 Å². The van der Waals surface area contributed by atoms with Crippen LogP contribution in [0, 0.1) is 11.7 Å². The zero-order valence-electron chi connectivity index (χ0n) is 15.2. The maximum atomic E-state index is 14.0. The first kappa shape index (κ1) is 20.3. The molecule has 2 aromatic rings. The van der Waals surface area contributed by atoms with Gasteiger partial charge >= 0.3 is 6.18 Å². The molecule has 3 rings (SSSR count). The van der Waals surface area contributed by atoms with Gasteiger partial charge in [0.15, 0.2) is 5.69 Å². The smallest absolute Gasteiger partial charge is 0.348 e. The SMILES string of the molecule is NCC(NC(=O)c1cnn(-c2ccccc2F)c1C(F)(F)F)C1CCCCC1. The quantitative estimate of drug-likeness (QED) is 0.755. The molecule has 1 aliphatic rings. The molecule has 1 aliphatic carbocycles. The van der Waals surface area contributed by atoms with Crippen LogP contribution in [0.25, 0.3) is 5.69 Å². The normalized spacial score (nSPS) is 16.8. The number of aromatic nitrogens is 2. The van der Waals surface area contributed by atoms with Gasteiger partial charge in [0.2, 0.25) is 0 Å². The molecule has 1 fully saturated rings. The molecule has 0 radical (unpaired) electrons. The zero-order chi connectivity index (χ0) is 20.3. The van der Waals surface area contributed by atoms with Gasteiger partial charge in [-0.05, 0) is 30.9 Å². The van der Waals surface area contributed by atoms with Crippen LogP contribution in [0.4, 0.5) is 17.6 Å². The molecular formula is C19H22F4N4O. The van der Waals surface area contributed by atoms with Crippen LogP contribution in [0.15, 0.2) is 30.5 Å². The zero-order valence-corrected chi connectivity index (χ0v) is 15.2. The fourth-order valence-corrected chi connectivity index (χ4v) is 3.75. The average molecular weight is 398 g/mol. The summed E-state index contributed by atoms with van der Waals surface area (Å²) in [5.41, 5.74) is 3.43. The largest absolute Gasteiger partial charge is 0.434 e. The molecular weight excluding hydrogens is 376 g/mol. The van der Waals surface area contributed by atoms with Gasteiger partial charge in [-0.3, -0.25) is 4.79 Å². The highest BCUT2D eigenvalue weighted by Crippen LogP contribution is 2.34. The van der Waals surface area contributed by atoms with Gasteiger partial charge in [-0.1, -0.05) is 31.4 Å². The molecule has 0 bridgehead atoms. The molecule has 0 aliphatic heterocycles. The van der Waals surface area contributed by atoms with Crippen LogP contribution in [-0.2, 0) is 6.18 Å². The summed E-state index contributed by atoms with van der Waals surface area (Å²) in [6, 6.07) is 4.55. The van der Waals surface area contributed by atoms with Crippen molar-refractivity contribution >= 4 is 5.91 Å². The molecule has 3 N–H and O–H groups in total. The Labute approximate surface area is 159 Å². The first-order chi connectivity index (χ1) is 13.3. The molecule has 0 saturated heterocycles. The molecule has 1 aromatic heterocycles. The summed E-state index contributed by atoms with van der Waals surface area (Å²) in [5, 5.41) is 6.28. The Morgan fingerprint density at radius 3 is 2.54 bits per heavy atom. The third kappa shape index (κ3) is 4.19. The summed E-state index contributed by atoms with van der Waals surface area (Å²) in [6.07, 6.45) is 0.806. The van der Waals surface area contributed by atoms with E-state index in [2.05, 4.69) is 10.4 Å². The summed E-state index contributed by atoms with van der Waals surface area (Å²) in [5.74, 6) is -1.64. The van der Waals surface area contributed by atoms with Gasteiger partial charge in [0.05, 0.1) is 11.8 Å². The van der Waals surface area contributed by atoms with Crippen LogP contribution in [0.2, 0.25) is 0 Å². The highest BCUT2D eigenvalue weighted by atomic mass is 19.4. The second kappa shape index (κ2) is 8.30. The van der Waals surface area contributed by atoms with E-state index in [9.17, 15) is 22.4 Å². The lowest BCUT2D eigenvalue weighted by Crippen LogP contribution is -2.46. The van der Waals surface area contributed by atoms with E-state index in [1.54, 1.807) is 0 Å². The van der Waals surface area contributed by atoms with Gasteiger partial charge in [-0.15, -0.1) is 0 Å². The molecule has 1 aromatic carbocycles.